The van der Waals surface area contributed by atoms with Crippen LogP contribution in [0.3, 0.4) is 0 Å². The van der Waals surface area contributed by atoms with Crippen molar-refractivity contribution in [1.29, 1.82) is 0 Å². The number of nitrogens with one attached hydrogen (secondary N) is 1. The van der Waals surface area contributed by atoms with Crippen LogP contribution in [0.4, 0.5) is 0 Å². The quantitative estimate of drug-likeness (QED) is 0.851. The Labute approximate surface area is 117 Å². The predicted octanol–water partition coefficient (Wildman–Crippen LogP) is 3.35. The van der Waals surface area contributed by atoms with Crippen LogP contribution in [0.1, 0.15) is 12.7 Å². The molecule has 2 aromatic rings. The summed E-state index contributed by atoms with van der Waals surface area (Å²) in [7, 11) is 1.65. The summed E-state index contributed by atoms with van der Waals surface area (Å²) in [5.41, 5.74) is 1.96. The number of rotatable bonds is 5. The third-order valence-electron chi connectivity index (χ3n) is 2.64. The van der Waals surface area contributed by atoms with Gasteiger partial charge in [-0.15, -0.1) is 0 Å². The van der Waals surface area contributed by atoms with Gasteiger partial charge in [0.1, 0.15) is 22.8 Å². The molecular formula is C14H16N2O2S. The fourth-order valence-electron chi connectivity index (χ4n) is 1.70. The highest BCUT2D eigenvalue weighted by Crippen LogP contribution is 2.20. The number of nitrogens with zero attached hydrogens (tertiary/aromatic N) is 1. The van der Waals surface area contributed by atoms with Crippen LogP contribution in [0.2, 0.25) is 0 Å². The van der Waals surface area contributed by atoms with Gasteiger partial charge in [0, 0.05) is 12.3 Å². The number of hydrogen-bond donors (Lipinski definition) is 1. The minimum Gasteiger partial charge on any atom is -0.497 e. The zero-order valence-corrected chi connectivity index (χ0v) is 11.8. The molecule has 0 unspecified atom stereocenters. The maximum atomic E-state index is 5.34. The number of ether oxygens (including phenoxy) is 2. The number of methoxy groups -OCH3 is 1. The maximum Gasteiger partial charge on any atom is 0.134 e. The molecule has 5 heteroatoms. The fraction of sp³-hybridized carbons (Fsp3) is 0.286. The van der Waals surface area contributed by atoms with Crippen LogP contribution >= 0.6 is 12.2 Å². The standard InChI is InChI=1S/C14H16N2O2S/c1-3-18-9-13-15-12(8-14(19)16-13)10-4-6-11(17-2)7-5-10/h4-8H,3,9H2,1-2H3,(H,15,16,19). The summed E-state index contributed by atoms with van der Waals surface area (Å²) in [6.45, 7) is 3.03. The maximum absolute atomic E-state index is 5.34. The number of aromatic nitrogens is 2. The van der Waals surface area contributed by atoms with E-state index in [1.54, 1.807) is 7.11 Å². The fourth-order valence-corrected chi connectivity index (χ4v) is 1.93. The molecule has 0 saturated heterocycles. The third kappa shape index (κ3) is 3.62. The van der Waals surface area contributed by atoms with E-state index >= 15 is 0 Å². The molecule has 0 spiro atoms. The van der Waals surface area contributed by atoms with Gasteiger partial charge in [0.25, 0.3) is 0 Å². The molecule has 0 amide bonds. The first-order chi connectivity index (χ1) is 9.22. The second-order valence-corrected chi connectivity index (χ2v) is 4.36. The minimum atomic E-state index is 0.435. The highest BCUT2D eigenvalue weighted by Gasteiger charge is 2.02. The summed E-state index contributed by atoms with van der Waals surface area (Å²) >= 11 is 5.17. The minimum absolute atomic E-state index is 0.435. The van der Waals surface area contributed by atoms with Crippen molar-refractivity contribution >= 4 is 12.2 Å². The van der Waals surface area contributed by atoms with E-state index in [4.69, 9.17) is 21.7 Å². The lowest BCUT2D eigenvalue weighted by atomic mass is 10.1. The number of hydrogen-bond acceptors (Lipinski definition) is 4. The number of benzene rings is 1. The molecule has 1 heterocycles. The van der Waals surface area contributed by atoms with Crippen LogP contribution in [-0.4, -0.2) is 23.7 Å². The lowest BCUT2D eigenvalue weighted by Gasteiger charge is -2.07. The second kappa shape index (κ2) is 6.45. The van der Waals surface area contributed by atoms with Crippen molar-refractivity contribution in [2.75, 3.05) is 13.7 Å². The molecule has 1 N–H and O–H groups in total. The first kappa shape index (κ1) is 13.7. The summed E-state index contributed by atoms with van der Waals surface area (Å²) in [5, 5.41) is 0. The van der Waals surface area contributed by atoms with Crippen molar-refractivity contribution in [3.63, 3.8) is 0 Å². The molecule has 0 bridgehead atoms. The Kier molecular flexibility index (Phi) is 4.65. The molecule has 0 aliphatic rings. The Hall–Kier alpha value is -1.72. The van der Waals surface area contributed by atoms with Gasteiger partial charge in [0.15, 0.2) is 0 Å². The van der Waals surface area contributed by atoms with Gasteiger partial charge in [0.2, 0.25) is 0 Å². The van der Waals surface area contributed by atoms with Gasteiger partial charge in [0.05, 0.1) is 7.11 Å². The molecule has 4 nitrogen and oxygen atoms in total. The summed E-state index contributed by atoms with van der Waals surface area (Å²) in [6, 6.07) is 9.62. The molecule has 0 atom stereocenters. The zero-order chi connectivity index (χ0) is 13.7. The van der Waals surface area contributed by atoms with E-state index in [0.717, 1.165) is 22.8 Å². The molecule has 1 aromatic heterocycles. The van der Waals surface area contributed by atoms with Crippen LogP contribution in [0.25, 0.3) is 11.3 Å². The smallest absolute Gasteiger partial charge is 0.134 e. The summed E-state index contributed by atoms with van der Waals surface area (Å²) < 4.78 is 11.0. The van der Waals surface area contributed by atoms with Crippen LogP contribution in [0, 0.1) is 4.64 Å². The normalized spacial score (nSPS) is 10.4. The van der Waals surface area contributed by atoms with Crippen molar-refractivity contribution in [2.45, 2.75) is 13.5 Å². The SMILES string of the molecule is CCOCc1nc(=S)cc(-c2ccc(OC)cc2)[nH]1. The Morgan fingerprint density at radius 2 is 2.00 bits per heavy atom. The van der Waals surface area contributed by atoms with Crippen molar-refractivity contribution in [3.05, 3.63) is 40.8 Å². The lowest BCUT2D eigenvalue weighted by Crippen LogP contribution is -2.00. The molecule has 0 saturated carbocycles. The van der Waals surface area contributed by atoms with Crippen molar-refractivity contribution < 1.29 is 9.47 Å². The highest BCUT2D eigenvalue weighted by atomic mass is 32.1. The van der Waals surface area contributed by atoms with Crippen molar-refractivity contribution in [1.82, 2.24) is 9.97 Å². The molecule has 0 aliphatic carbocycles. The molecule has 19 heavy (non-hydrogen) atoms. The van der Waals surface area contributed by atoms with E-state index in [-0.39, 0.29) is 0 Å². The average molecular weight is 276 g/mol. The first-order valence-electron chi connectivity index (χ1n) is 6.05. The predicted molar refractivity (Wildman–Crippen MR) is 76.7 cm³/mol. The monoisotopic (exact) mass is 276 g/mol. The highest BCUT2D eigenvalue weighted by molar-refractivity contribution is 7.71. The summed E-state index contributed by atoms with van der Waals surface area (Å²) in [6.07, 6.45) is 0. The van der Waals surface area contributed by atoms with E-state index in [2.05, 4.69) is 9.97 Å². The van der Waals surface area contributed by atoms with Gasteiger partial charge in [-0.05, 0) is 42.8 Å². The third-order valence-corrected chi connectivity index (χ3v) is 2.84. The second-order valence-electron chi connectivity index (χ2n) is 3.95. The van der Waals surface area contributed by atoms with Gasteiger partial charge in [-0.25, -0.2) is 4.98 Å². The van der Waals surface area contributed by atoms with E-state index in [1.807, 2.05) is 37.3 Å². The first-order valence-corrected chi connectivity index (χ1v) is 6.46. The Morgan fingerprint density at radius 3 is 2.63 bits per heavy atom. The Bertz CT molecular complexity index is 593. The topological polar surface area (TPSA) is 47.1 Å². The molecular weight excluding hydrogens is 260 g/mol. The van der Waals surface area contributed by atoms with Crippen LogP contribution in [-0.2, 0) is 11.3 Å². The molecule has 2 rings (SSSR count). The van der Waals surface area contributed by atoms with Crippen LogP contribution in [0.5, 0.6) is 5.75 Å². The molecule has 0 aliphatic heterocycles. The van der Waals surface area contributed by atoms with Crippen molar-refractivity contribution in [2.24, 2.45) is 0 Å². The van der Waals surface area contributed by atoms with Gasteiger partial charge in [-0.3, -0.25) is 0 Å². The van der Waals surface area contributed by atoms with Gasteiger partial charge < -0.3 is 14.5 Å². The Morgan fingerprint density at radius 1 is 1.26 bits per heavy atom. The average Bonchev–Trinajstić information content (AvgIpc) is 2.44. The number of aromatic amines is 1. The van der Waals surface area contributed by atoms with E-state index in [0.29, 0.717) is 17.9 Å². The van der Waals surface area contributed by atoms with Crippen molar-refractivity contribution in [3.8, 4) is 17.0 Å². The molecule has 100 valence electrons. The largest absolute Gasteiger partial charge is 0.497 e. The van der Waals surface area contributed by atoms with E-state index < -0.39 is 0 Å². The molecule has 0 fully saturated rings. The van der Waals surface area contributed by atoms with Gasteiger partial charge >= 0.3 is 0 Å². The lowest BCUT2D eigenvalue weighted by molar-refractivity contribution is 0.128. The summed E-state index contributed by atoms with van der Waals surface area (Å²) in [4.78, 5) is 7.47. The molecule has 0 radical (unpaired) electrons. The molecule has 1 aromatic carbocycles. The van der Waals surface area contributed by atoms with Crippen LogP contribution in [0.15, 0.2) is 30.3 Å². The van der Waals surface area contributed by atoms with Gasteiger partial charge in [-0.2, -0.15) is 0 Å². The Balaban J connectivity index is 2.32. The van der Waals surface area contributed by atoms with Crippen LogP contribution < -0.4 is 4.74 Å². The van der Waals surface area contributed by atoms with E-state index in [9.17, 15) is 0 Å². The van der Waals surface area contributed by atoms with E-state index in [1.165, 1.54) is 0 Å². The van der Waals surface area contributed by atoms with Gasteiger partial charge in [-0.1, -0.05) is 12.2 Å². The zero-order valence-electron chi connectivity index (χ0n) is 11.0. The summed E-state index contributed by atoms with van der Waals surface area (Å²) in [5.74, 6) is 1.56. The number of H-pyrrole nitrogens is 1.